The zero-order chi connectivity index (χ0) is 15.6. The first-order chi connectivity index (χ1) is 9.90. The van der Waals surface area contributed by atoms with E-state index >= 15 is 0 Å². The molecule has 1 N–H and O–H groups in total. The number of rotatable bonds is 4. The first kappa shape index (κ1) is 14.9. The first-order valence-electron chi connectivity index (χ1n) is 6.35. The third-order valence-electron chi connectivity index (χ3n) is 3.24. The van der Waals surface area contributed by atoms with Gasteiger partial charge in [0.2, 0.25) is 0 Å². The number of benzene rings is 2. The summed E-state index contributed by atoms with van der Waals surface area (Å²) in [7, 11) is 0. The normalized spacial score (nSPS) is 12.0. The highest BCUT2D eigenvalue weighted by Gasteiger charge is 2.16. The molecule has 0 radical (unpaired) electrons. The summed E-state index contributed by atoms with van der Waals surface area (Å²) in [5.41, 5.74) is 1.16. The summed E-state index contributed by atoms with van der Waals surface area (Å²) in [6.45, 7) is 3.29. The second-order valence-electron chi connectivity index (χ2n) is 4.77. The summed E-state index contributed by atoms with van der Waals surface area (Å²) in [5.74, 6) is -1.84. The molecule has 2 aromatic carbocycles. The fourth-order valence-electron chi connectivity index (χ4n) is 2.08. The Morgan fingerprint density at radius 2 is 1.95 bits per heavy atom. The average molecular weight is 292 g/mol. The number of aryl methyl sites for hydroxylation is 1. The van der Waals surface area contributed by atoms with Crippen LogP contribution in [-0.4, -0.2) is 4.92 Å². The van der Waals surface area contributed by atoms with E-state index in [4.69, 9.17) is 0 Å². The van der Waals surface area contributed by atoms with Crippen LogP contribution in [0.4, 0.5) is 20.2 Å². The van der Waals surface area contributed by atoms with Gasteiger partial charge in [-0.15, -0.1) is 0 Å². The standard InChI is InChI=1S/C15H14F2N2O2/c1-9-6-7-11(8-14(9)19(20)21)18-10(2)12-4-3-5-13(16)15(12)17/h3-8,10,18H,1-2H3. The van der Waals surface area contributed by atoms with E-state index in [9.17, 15) is 18.9 Å². The van der Waals surface area contributed by atoms with Crippen molar-refractivity contribution in [1.82, 2.24) is 0 Å². The molecular formula is C15H14F2N2O2. The quantitative estimate of drug-likeness (QED) is 0.673. The van der Waals surface area contributed by atoms with E-state index in [-0.39, 0.29) is 11.3 Å². The van der Waals surface area contributed by atoms with Crippen molar-refractivity contribution in [2.45, 2.75) is 19.9 Å². The Labute approximate surface area is 120 Å². The zero-order valence-electron chi connectivity index (χ0n) is 11.6. The van der Waals surface area contributed by atoms with Crippen LogP contribution in [0.25, 0.3) is 0 Å². The fraction of sp³-hybridized carbons (Fsp3) is 0.200. The van der Waals surface area contributed by atoms with Crippen molar-refractivity contribution in [3.8, 4) is 0 Å². The molecule has 0 bridgehead atoms. The highest BCUT2D eigenvalue weighted by atomic mass is 19.2. The molecule has 21 heavy (non-hydrogen) atoms. The molecule has 4 nitrogen and oxygen atoms in total. The second kappa shape index (κ2) is 5.87. The summed E-state index contributed by atoms with van der Waals surface area (Å²) < 4.78 is 26.9. The Morgan fingerprint density at radius 3 is 2.62 bits per heavy atom. The SMILES string of the molecule is Cc1ccc(NC(C)c2cccc(F)c2F)cc1[N+](=O)[O-]. The molecule has 0 saturated heterocycles. The smallest absolute Gasteiger partial charge is 0.274 e. The molecule has 0 spiro atoms. The largest absolute Gasteiger partial charge is 0.378 e. The van der Waals surface area contributed by atoms with E-state index in [0.29, 0.717) is 11.3 Å². The van der Waals surface area contributed by atoms with Crippen LogP contribution in [0.1, 0.15) is 24.1 Å². The Bertz CT molecular complexity index is 689. The van der Waals surface area contributed by atoms with Gasteiger partial charge in [-0.2, -0.15) is 0 Å². The van der Waals surface area contributed by atoms with E-state index in [0.717, 1.165) is 6.07 Å². The molecule has 0 fully saturated rings. The molecule has 2 rings (SSSR count). The fourth-order valence-corrected chi connectivity index (χ4v) is 2.08. The monoisotopic (exact) mass is 292 g/mol. The molecule has 0 aliphatic heterocycles. The molecule has 2 aromatic rings. The lowest BCUT2D eigenvalue weighted by Crippen LogP contribution is -2.10. The van der Waals surface area contributed by atoms with Crippen molar-refractivity contribution < 1.29 is 13.7 Å². The Hall–Kier alpha value is -2.50. The van der Waals surface area contributed by atoms with Crippen molar-refractivity contribution in [1.29, 1.82) is 0 Å². The minimum atomic E-state index is -0.920. The Balaban J connectivity index is 2.27. The summed E-state index contributed by atoms with van der Waals surface area (Å²) in [6, 6.07) is 8.06. The van der Waals surface area contributed by atoms with Gasteiger partial charge >= 0.3 is 0 Å². The van der Waals surface area contributed by atoms with Crippen molar-refractivity contribution in [3.63, 3.8) is 0 Å². The van der Waals surface area contributed by atoms with Crippen LogP contribution in [0.2, 0.25) is 0 Å². The van der Waals surface area contributed by atoms with E-state index in [1.165, 1.54) is 18.2 Å². The van der Waals surface area contributed by atoms with Crippen molar-refractivity contribution >= 4 is 11.4 Å². The van der Waals surface area contributed by atoms with Crippen molar-refractivity contribution in [2.24, 2.45) is 0 Å². The van der Waals surface area contributed by atoms with Crippen LogP contribution < -0.4 is 5.32 Å². The predicted octanol–water partition coefficient (Wildman–Crippen LogP) is 4.35. The predicted molar refractivity (Wildman–Crippen MR) is 76.2 cm³/mol. The lowest BCUT2D eigenvalue weighted by molar-refractivity contribution is -0.385. The molecule has 0 heterocycles. The van der Waals surface area contributed by atoms with Crippen LogP contribution in [0.3, 0.4) is 0 Å². The number of hydrogen-bond donors (Lipinski definition) is 1. The summed E-state index contributed by atoms with van der Waals surface area (Å²) in [4.78, 5) is 10.4. The third kappa shape index (κ3) is 3.16. The van der Waals surface area contributed by atoms with E-state index < -0.39 is 22.6 Å². The molecule has 0 aliphatic carbocycles. The minimum absolute atomic E-state index is 0.0214. The summed E-state index contributed by atoms with van der Waals surface area (Å²) in [5, 5.41) is 13.8. The zero-order valence-corrected chi connectivity index (χ0v) is 11.6. The van der Waals surface area contributed by atoms with Crippen LogP contribution in [0.15, 0.2) is 36.4 Å². The van der Waals surface area contributed by atoms with E-state index in [2.05, 4.69) is 5.32 Å². The number of nitrogens with zero attached hydrogens (tertiary/aromatic N) is 1. The number of hydrogen-bond acceptors (Lipinski definition) is 3. The van der Waals surface area contributed by atoms with Gasteiger partial charge in [0.1, 0.15) is 0 Å². The maximum Gasteiger partial charge on any atom is 0.274 e. The number of halogens is 2. The van der Waals surface area contributed by atoms with Gasteiger partial charge in [-0.1, -0.05) is 18.2 Å². The molecule has 0 aromatic heterocycles. The van der Waals surface area contributed by atoms with Crippen LogP contribution in [0.5, 0.6) is 0 Å². The van der Waals surface area contributed by atoms with Gasteiger partial charge in [0.25, 0.3) is 5.69 Å². The average Bonchev–Trinajstić information content (AvgIpc) is 2.43. The van der Waals surface area contributed by atoms with Gasteiger partial charge in [0, 0.05) is 22.9 Å². The number of nitro groups is 1. The highest BCUT2D eigenvalue weighted by Crippen LogP contribution is 2.27. The van der Waals surface area contributed by atoms with Crippen LogP contribution in [0, 0.1) is 28.7 Å². The van der Waals surface area contributed by atoms with Gasteiger partial charge in [-0.25, -0.2) is 8.78 Å². The lowest BCUT2D eigenvalue weighted by atomic mass is 10.1. The van der Waals surface area contributed by atoms with Crippen LogP contribution in [-0.2, 0) is 0 Å². The van der Waals surface area contributed by atoms with Crippen molar-refractivity contribution in [3.05, 3.63) is 69.3 Å². The summed E-state index contributed by atoms with van der Waals surface area (Å²) in [6.07, 6.45) is 0. The molecule has 0 aliphatic rings. The number of nitrogens with one attached hydrogen (secondary N) is 1. The molecular weight excluding hydrogens is 278 g/mol. The van der Waals surface area contributed by atoms with Gasteiger partial charge < -0.3 is 5.32 Å². The third-order valence-corrected chi connectivity index (χ3v) is 3.24. The molecule has 1 atom stereocenters. The highest BCUT2D eigenvalue weighted by molar-refractivity contribution is 5.55. The van der Waals surface area contributed by atoms with E-state index in [1.807, 2.05) is 0 Å². The van der Waals surface area contributed by atoms with Gasteiger partial charge in [-0.05, 0) is 26.0 Å². The minimum Gasteiger partial charge on any atom is -0.378 e. The molecule has 6 heteroatoms. The van der Waals surface area contributed by atoms with Gasteiger partial charge in [0.15, 0.2) is 11.6 Å². The maximum atomic E-state index is 13.7. The first-order valence-corrected chi connectivity index (χ1v) is 6.35. The topological polar surface area (TPSA) is 55.2 Å². The molecule has 0 saturated carbocycles. The molecule has 0 amide bonds. The molecule has 1 unspecified atom stereocenters. The molecule has 110 valence electrons. The number of nitro benzene ring substituents is 1. The Morgan fingerprint density at radius 1 is 1.24 bits per heavy atom. The van der Waals surface area contributed by atoms with Crippen molar-refractivity contribution in [2.75, 3.05) is 5.32 Å². The lowest BCUT2D eigenvalue weighted by Gasteiger charge is -2.16. The summed E-state index contributed by atoms with van der Waals surface area (Å²) >= 11 is 0. The van der Waals surface area contributed by atoms with Gasteiger partial charge in [-0.3, -0.25) is 10.1 Å². The van der Waals surface area contributed by atoms with Gasteiger partial charge in [0.05, 0.1) is 11.0 Å². The Kier molecular flexibility index (Phi) is 4.16. The number of anilines is 1. The van der Waals surface area contributed by atoms with Crippen LogP contribution >= 0.6 is 0 Å². The second-order valence-corrected chi connectivity index (χ2v) is 4.77. The van der Waals surface area contributed by atoms with E-state index in [1.54, 1.807) is 26.0 Å². The maximum absolute atomic E-state index is 13.7.